The number of ether oxygens (including phenoxy) is 2. The maximum Gasteiger partial charge on any atom is 0.265 e. The van der Waals surface area contributed by atoms with Gasteiger partial charge in [0.25, 0.3) is 9.05 Å². The molecule has 0 unspecified atom stereocenters. The fourth-order valence-corrected chi connectivity index (χ4v) is 2.73. The fraction of sp³-hybridized carbons (Fsp3) is 0.400. The molecule has 0 atom stereocenters. The van der Waals surface area contributed by atoms with Gasteiger partial charge in [-0.3, -0.25) is 0 Å². The zero-order chi connectivity index (χ0) is 11.8. The van der Waals surface area contributed by atoms with Crippen molar-refractivity contribution < 1.29 is 17.9 Å². The molecule has 1 aliphatic rings. The number of halogens is 1. The Morgan fingerprint density at radius 1 is 1.44 bits per heavy atom. The Hall–Kier alpha value is -0.940. The number of rotatable bonds is 2. The van der Waals surface area contributed by atoms with Crippen molar-refractivity contribution in [3.63, 3.8) is 0 Å². The standard InChI is InChI=1S/C10H11ClO4S/c1-14-8-5-7-3-2-4-15-10(7)9(6-8)16(11,12)13/h5-6H,2-4H2,1H3. The van der Waals surface area contributed by atoms with Gasteiger partial charge in [-0.2, -0.15) is 0 Å². The van der Waals surface area contributed by atoms with E-state index in [4.69, 9.17) is 20.2 Å². The molecule has 1 heterocycles. The molecular formula is C10H11ClO4S. The summed E-state index contributed by atoms with van der Waals surface area (Å²) >= 11 is 0. The molecule has 1 aromatic carbocycles. The van der Waals surface area contributed by atoms with E-state index in [1.807, 2.05) is 0 Å². The van der Waals surface area contributed by atoms with Gasteiger partial charge in [-0.05, 0) is 24.5 Å². The lowest BCUT2D eigenvalue weighted by atomic mass is 10.1. The van der Waals surface area contributed by atoms with Gasteiger partial charge in [0.05, 0.1) is 13.7 Å². The Bertz CT molecular complexity index is 510. The predicted octanol–water partition coefficient (Wildman–Crippen LogP) is 1.95. The van der Waals surface area contributed by atoms with Crippen molar-refractivity contribution in [1.82, 2.24) is 0 Å². The van der Waals surface area contributed by atoms with Crippen molar-refractivity contribution in [3.8, 4) is 11.5 Å². The third kappa shape index (κ3) is 2.10. The second kappa shape index (κ2) is 4.14. The summed E-state index contributed by atoms with van der Waals surface area (Å²) in [6, 6.07) is 3.16. The average Bonchev–Trinajstić information content (AvgIpc) is 2.26. The highest BCUT2D eigenvalue weighted by Gasteiger charge is 2.24. The Balaban J connectivity index is 2.66. The van der Waals surface area contributed by atoms with Crippen LogP contribution in [0.5, 0.6) is 11.5 Å². The van der Waals surface area contributed by atoms with Crippen LogP contribution in [-0.4, -0.2) is 22.1 Å². The first-order valence-electron chi connectivity index (χ1n) is 4.81. The number of hydrogen-bond donors (Lipinski definition) is 0. The van der Waals surface area contributed by atoms with Crippen LogP contribution in [0, 0.1) is 0 Å². The smallest absolute Gasteiger partial charge is 0.265 e. The second-order valence-corrected chi connectivity index (χ2v) is 6.04. The molecule has 0 spiro atoms. The second-order valence-electron chi connectivity index (χ2n) is 3.50. The first-order chi connectivity index (χ1) is 7.52. The summed E-state index contributed by atoms with van der Waals surface area (Å²) in [5, 5.41) is 0. The van der Waals surface area contributed by atoms with Gasteiger partial charge in [0.1, 0.15) is 16.4 Å². The molecule has 0 bridgehead atoms. The molecule has 16 heavy (non-hydrogen) atoms. The van der Waals surface area contributed by atoms with E-state index in [0.29, 0.717) is 18.1 Å². The molecule has 1 aliphatic heterocycles. The average molecular weight is 263 g/mol. The lowest BCUT2D eigenvalue weighted by Gasteiger charge is -2.20. The third-order valence-electron chi connectivity index (χ3n) is 2.44. The van der Waals surface area contributed by atoms with Crippen LogP contribution in [-0.2, 0) is 15.5 Å². The monoisotopic (exact) mass is 262 g/mol. The largest absolute Gasteiger partial charge is 0.497 e. The van der Waals surface area contributed by atoms with Crippen molar-refractivity contribution >= 4 is 19.7 Å². The van der Waals surface area contributed by atoms with Crippen molar-refractivity contribution in [2.24, 2.45) is 0 Å². The number of aryl methyl sites for hydroxylation is 1. The third-order valence-corrected chi connectivity index (χ3v) is 3.77. The van der Waals surface area contributed by atoms with Gasteiger partial charge >= 0.3 is 0 Å². The van der Waals surface area contributed by atoms with Gasteiger partial charge < -0.3 is 9.47 Å². The van der Waals surface area contributed by atoms with Gasteiger partial charge in [0.15, 0.2) is 0 Å². The van der Waals surface area contributed by atoms with E-state index in [0.717, 1.165) is 18.4 Å². The summed E-state index contributed by atoms with van der Waals surface area (Å²) in [5.74, 6) is 0.838. The highest BCUT2D eigenvalue weighted by molar-refractivity contribution is 8.13. The molecule has 2 rings (SSSR count). The number of hydrogen-bond acceptors (Lipinski definition) is 4. The van der Waals surface area contributed by atoms with Crippen LogP contribution < -0.4 is 9.47 Å². The SMILES string of the molecule is COc1cc2c(c(S(=O)(=O)Cl)c1)OCCC2. The van der Waals surface area contributed by atoms with Crippen LogP contribution in [0.4, 0.5) is 0 Å². The van der Waals surface area contributed by atoms with E-state index in [-0.39, 0.29) is 4.90 Å². The van der Waals surface area contributed by atoms with Crippen LogP contribution in [0.1, 0.15) is 12.0 Å². The Kier molecular flexibility index (Phi) is 2.99. The summed E-state index contributed by atoms with van der Waals surface area (Å²) in [5.41, 5.74) is 0.824. The van der Waals surface area contributed by atoms with E-state index < -0.39 is 9.05 Å². The molecule has 0 radical (unpaired) electrons. The fourth-order valence-electron chi connectivity index (χ4n) is 1.72. The lowest BCUT2D eigenvalue weighted by Crippen LogP contribution is -2.11. The Labute approximate surface area is 98.5 Å². The molecule has 1 aromatic rings. The Morgan fingerprint density at radius 3 is 2.81 bits per heavy atom. The van der Waals surface area contributed by atoms with Gasteiger partial charge in [0.2, 0.25) is 0 Å². The lowest BCUT2D eigenvalue weighted by molar-refractivity contribution is 0.279. The van der Waals surface area contributed by atoms with Crippen molar-refractivity contribution in [1.29, 1.82) is 0 Å². The molecule has 0 fully saturated rings. The highest BCUT2D eigenvalue weighted by atomic mass is 35.7. The number of benzene rings is 1. The van der Waals surface area contributed by atoms with Gasteiger partial charge in [-0.1, -0.05) is 0 Å². The van der Waals surface area contributed by atoms with Crippen molar-refractivity contribution in [2.45, 2.75) is 17.7 Å². The topological polar surface area (TPSA) is 52.6 Å². The van der Waals surface area contributed by atoms with Crippen LogP contribution in [0.3, 0.4) is 0 Å². The van der Waals surface area contributed by atoms with E-state index >= 15 is 0 Å². The van der Waals surface area contributed by atoms with E-state index in [9.17, 15) is 8.42 Å². The van der Waals surface area contributed by atoms with Gasteiger partial charge in [0, 0.05) is 16.7 Å². The zero-order valence-corrected chi connectivity index (χ0v) is 10.3. The van der Waals surface area contributed by atoms with Gasteiger partial charge in [-0.25, -0.2) is 8.42 Å². The predicted molar refractivity (Wildman–Crippen MR) is 59.8 cm³/mol. The molecule has 0 amide bonds. The highest BCUT2D eigenvalue weighted by Crippen LogP contribution is 2.37. The molecule has 6 heteroatoms. The summed E-state index contributed by atoms with van der Waals surface area (Å²) in [6.45, 7) is 0.513. The zero-order valence-electron chi connectivity index (χ0n) is 8.70. The van der Waals surface area contributed by atoms with Crippen LogP contribution in [0.15, 0.2) is 17.0 Å². The maximum absolute atomic E-state index is 11.4. The summed E-state index contributed by atoms with van der Waals surface area (Å²) < 4.78 is 33.2. The molecule has 4 nitrogen and oxygen atoms in total. The van der Waals surface area contributed by atoms with Crippen LogP contribution in [0.2, 0.25) is 0 Å². The normalized spacial score (nSPS) is 15.1. The molecule has 0 aliphatic carbocycles. The molecule has 0 saturated carbocycles. The summed E-state index contributed by atoms with van der Waals surface area (Å²) in [7, 11) is 3.03. The molecular weight excluding hydrogens is 252 g/mol. The summed E-state index contributed by atoms with van der Waals surface area (Å²) in [6.07, 6.45) is 1.63. The first kappa shape index (κ1) is 11.5. The maximum atomic E-state index is 11.4. The first-order valence-corrected chi connectivity index (χ1v) is 7.11. The van der Waals surface area contributed by atoms with Crippen molar-refractivity contribution in [2.75, 3.05) is 13.7 Å². The van der Waals surface area contributed by atoms with E-state index in [1.54, 1.807) is 6.07 Å². The molecule has 0 aromatic heterocycles. The Morgan fingerprint density at radius 2 is 2.19 bits per heavy atom. The number of methoxy groups -OCH3 is 1. The summed E-state index contributed by atoms with van der Waals surface area (Å²) in [4.78, 5) is -0.0109. The van der Waals surface area contributed by atoms with Crippen molar-refractivity contribution in [3.05, 3.63) is 17.7 Å². The molecule has 0 N–H and O–H groups in total. The minimum absolute atomic E-state index is 0.0109. The quantitative estimate of drug-likeness (QED) is 0.765. The minimum atomic E-state index is -3.81. The van der Waals surface area contributed by atoms with Crippen LogP contribution >= 0.6 is 10.7 Å². The molecule has 88 valence electrons. The van der Waals surface area contributed by atoms with Crippen LogP contribution in [0.25, 0.3) is 0 Å². The number of fused-ring (bicyclic) bond motifs is 1. The van der Waals surface area contributed by atoms with E-state index in [2.05, 4.69) is 0 Å². The van der Waals surface area contributed by atoms with Gasteiger partial charge in [-0.15, -0.1) is 0 Å². The molecule has 0 saturated heterocycles. The minimum Gasteiger partial charge on any atom is -0.497 e. The van der Waals surface area contributed by atoms with E-state index in [1.165, 1.54) is 13.2 Å².